The third kappa shape index (κ3) is 6.19. The van der Waals surface area contributed by atoms with E-state index in [4.69, 9.17) is 4.74 Å². The molecule has 1 heterocycles. The van der Waals surface area contributed by atoms with Crippen LogP contribution in [0, 0.1) is 5.92 Å². The van der Waals surface area contributed by atoms with Gasteiger partial charge in [0.2, 0.25) is 11.8 Å². The number of hydrogen-bond donors (Lipinski definition) is 3. The number of rotatable bonds is 8. The van der Waals surface area contributed by atoms with Gasteiger partial charge in [-0.05, 0) is 37.3 Å². The highest BCUT2D eigenvalue weighted by molar-refractivity contribution is 8.00. The maximum Gasteiger partial charge on any atom is 0.278 e. The molecule has 33 heavy (non-hydrogen) atoms. The van der Waals surface area contributed by atoms with E-state index in [0.29, 0.717) is 22.7 Å². The van der Waals surface area contributed by atoms with Gasteiger partial charge < -0.3 is 15.4 Å². The SMILES string of the molecule is COc1ccc(NC(=O)C(C)Sc2nnc(-c3ccccc3NC(=O)C(C)C)c(=O)[nH]2)cc1. The molecular weight excluding hydrogens is 442 g/mol. The smallest absolute Gasteiger partial charge is 0.278 e. The first kappa shape index (κ1) is 24.0. The molecule has 172 valence electrons. The summed E-state index contributed by atoms with van der Waals surface area (Å²) >= 11 is 1.08. The quantitative estimate of drug-likeness (QED) is 0.433. The number of anilines is 2. The summed E-state index contributed by atoms with van der Waals surface area (Å²) < 4.78 is 5.10. The molecule has 1 atom stereocenters. The van der Waals surface area contributed by atoms with Gasteiger partial charge in [-0.1, -0.05) is 43.8 Å². The first-order valence-corrected chi connectivity index (χ1v) is 11.1. The number of para-hydroxylation sites is 1. The average molecular weight is 468 g/mol. The number of nitrogens with one attached hydrogen (secondary N) is 3. The molecule has 2 amide bonds. The monoisotopic (exact) mass is 467 g/mol. The molecule has 1 aromatic heterocycles. The van der Waals surface area contributed by atoms with Crippen LogP contribution in [0.3, 0.4) is 0 Å². The first-order chi connectivity index (χ1) is 15.8. The topological polar surface area (TPSA) is 126 Å². The van der Waals surface area contributed by atoms with Gasteiger partial charge in [-0.25, -0.2) is 0 Å². The minimum Gasteiger partial charge on any atom is -0.497 e. The molecule has 0 fully saturated rings. The van der Waals surface area contributed by atoms with Crippen molar-refractivity contribution in [2.75, 3.05) is 17.7 Å². The fraction of sp³-hybridized carbons (Fsp3) is 0.261. The number of ether oxygens (including phenoxy) is 1. The molecular formula is C23H25N5O4S. The molecule has 0 aliphatic rings. The Hall–Kier alpha value is -3.66. The highest BCUT2D eigenvalue weighted by Gasteiger charge is 2.19. The number of H-pyrrole nitrogens is 1. The fourth-order valence-corrected chi connectivity index (χ4v) is 3.51. The minimum absolute atomic E-state index is 0.0781. The Morgan fingerprint density at radius 1 is 0.970 bits per heavy atom. The number of aromatic amines is 1. The van der Waals surface area contributed by atoms with Crippen molar-refractivity contribution in [2.24, 2.45) is 5.92 Å². The zero-order valence-electron chi connectivity index (χ0n) is 18.7. The van der Waals surface area contributed by atoms with Crippen molar-refractivity contribution in [3.63, 3.8) is 0 Å². The van der Waals surface area contributed by atoms with Crippen LogP contribution in [0.25, 0.3) is 11.3 Å². The molecule has 0 saturated heterocycles. The van der Waals surface area contributed by atoms with Gasteiger partial charge in [-0.2, -0.15) is 0 Å². The fourth-order valence-electron chi connectivity index (χ4n) is 2.77. The van der Waals surface area contributed by atoms with E-state index >= 15 is 0 Å². The summed E-state index contributed by atoms with van der Waals surface area (Å²) in [5.41, 5.74) is 1.17. The van der Waals surface area contributed by atoms with E-state index in [-0.39, 0.29) is 28.6 Å². The molecule has 3 aromatic rings. The third-order valence-electron chi connectivity index (χ3n) is 4.66. The molecule has 3 rings (SSSR count). The van der Waals surface area contributed by atoms with E-state index in [1.54, 1.807) is 76.4 Å². The van der Waals surface area contributed by atoms with Crippen LogP contribution in [0.2, 0.25) is 0 Å². The summed E-state index contributed by atoms with van der Waals surface area (Å²) in [5, 5.41) is 13.4. The molecule has 0 spiro atoms. The molecule has 3 N–H and O–H groups in total. The van der Waals surface area contributed by atoms with Crippen LogP contribution in [0.4, 0.5) is 11.4 Å². The molecule has 1 unspecified atom stereocenters. The van der Waals surface area contributed by atoms with Crippen LogP contribution >= 0.6 is 11.8 Å². The van der Waals surface area contributed by atoms with E-state index in [9.17, 15) is 14.4 Å². The predicted molar refractivity (Wildman–Crippen MR) is 128 cm³/mol. The van der Waals surface area contributed by atoms with Crippen LogP contribution in [-0.2, 0) is 9.59 Å². The number of thioether (sulfide) groups is 1. The lowest BCUT2D eigenvalue weighted by atomic mass is 10.1. The van der Waals surface area contributed by atoms with Crippen LogP contribution < -0.4 is 20.9 Å². The number of methoxy groups -OCH3 is 1. The Balaban J connectivity index is 1.72. The Morgan fingerprint density at radius 3 is 2.30 bits per heavy atom. The molecule has 0 bridgehead atoms. The molecule has 2 aromatic carbocycles. The Labute approximate surface area is 195 Å². The number of carbonyl (C=O) groups is 2. The largest absolute Gasteiger partial charge is 0.497 e. The number of nitrogens with zero attached hydrogens (tertiary/aromatic N) is 2. The molecule has 0 radical (unpaired) electrons. The third-order valence-corrected chi connectivity index (χ3v) is 5.63. The standard InChI is InChI=1S/C23H25N5O4S/c1-13(2)20(29)25-18-8-6-5-7-17(18)19-22(31)26-23(28-27-19)33-14(3)21(30)24-15-9-11-16(32-4)12-10-15/h5-14H,1-4H3,(H,24,30)(H,25,29)(H,26,28,31). The lowest BCUT2D eigenvalue weighted by molar-refractivity contribution is -0.119. The van der Waals surface area contributed by atoms with Crippen molar-refractivity contribution < 1.29 is 14.3 Å². The number of benzene rings is 2. The van der Waals surface area contributed by atoms with Gasteiger partial charge in [-0.3, -0.25) is 19.4 Å². The lowest BCUT2D eigenvalue weighted by Gasteiger charge is -2.13. The van der Waals surface area contributed by atoms with Crippen LogP contribution in [-0.4, -0.2) is 39.4 Å². The van der Waals surface area contributed by atoms with Gasteiger partial charge in [0.15, 0.2) is 10.9 Å². The van der Waals surface area contributed by atoms with Gasteiger partial charge in [0.05, 0.1) is 18.0 Å². The van der Waals surface area contributed by atoms with Crippen molar-refractivity contribution in [3.8, 4) is 17.0 Å². The van der Waals surface area contributed by atoms with Gasteiger partial charge >= 0.3 is 0 Å². The van der Waals surface area contributed by atoms with E-state index in [1.165, 1.54) is 0 Å². The van der Waals surface area contributed by atoms with Crippen LogP contribution in [0.5, 0.6) is 5.75 Å². The maximum absolute atomic E-state index is 12.7. The van der Waals surface area contributed by atoms with Crippen LogP contribution in [0.1, 0.15) is 20.8 Å². The summed E-state index contributed by atoms with van der Waals surface area (Å²) in [7, 11) is 1.57. The van der Waals surface area contributed by atoms with Crippen molar-refractivity contribution >= 4 is 35.0 Å². The van der Waals surface area contributed by atoms with Gasteiger partial charge in [-0.15, -0.1) is 10.2 Å². The summed E-state index contributed by atoms with van der Waals surface area (Å²) in [6, 6.07) is 13.9. The van der Waals surface area contributed by atoms with Gasteiger partial charge in [0.1, 0.15) is 5.75 Å². The first-order valence-electron chi connectivity index (χ1n) is 10.3. The van der Waals surface area contributed by atoms with E-state index < -0.39 is 10.8 Å². The number of amides is 2. The predicted octanol–water partition coefficient (Wildman–Crippen LogP) is 3.55. The number of hydrogen-bond acceptors (Lipinski definition) is 7. The number of carbonyl (C=O) groups excluding carboxylic acids is 2. The van der Waals surface area contributed by atoms with E-state index in [1.807, 2.05) is 0 Å². The summed E-state index contributed by atoms with van der Waals surface area (Å²) in [5.74, 6) is 0.0507. The average Bonchev–Trinajstić information content (AvgIpc) is 2.80. The van der Waals surface area contributed by atoms with E-state index in [0.717, 1.165) is 11.8 Å². The highest BCUT2D eigenvalue weighted by atomic mass is 32.2. The maximum atomic E-state index is 12.7. The Bertz CT molecular complexity index is 1190. The lowest BCUT2D eigenvalue weighted by Crippen LogP contribution is -2.24. The second-order valence-electron chi connectivity index (χ2n) is 7.48. The summed E-state index contributed by atoms with van der Waals surface area (Å²) in [4.78, 5) is 40.0. The second kappa shape index (κ2) is 10.8. The second-order valence-corrected chi connectivity index (χ2v) is 8.80. The van der Waals surface area contributed by atoms with Crippen molar-refractivity contribution in [1.29, 1.82) is 0 Å². The van der Waals surface area contributed by atoms with Crippen molar-refractivity contribution in [1.82, 2.24) is 15.2 Å². The normalized spacial score (nSPS) is 11.7. The highest BCUT2D eigenvalue weighted by Crippen LogP contribution is 2.25. The Morgan fingerprint density at radius 2 is 1.67 bits per heavy atom. The van der Waals surface area contributed by atoms with Crippen molar-refractivity contribution in [2.45, 2.75) is 31.2 Å². The zero-order valence-corrected chi connectivity index (χ0v) is 19.5. The molecule has 0 saturated carbocycles. The summed E-state index contributed by atoms with van der Waals surface area (Å²) in [6.45, 7) is 5.26. The zero-order chi connectivity index (χ0) is 24.0. The minimum atomic E-state index is -0.541. The molecule has 0 aliphatic carbocycles. The summed E-state index contributed by atoms with van der Waals surface area (Å²) in [6.07, 6.45) is 0. The van der Waals surface area contributed by atoms with E-state index in [2.05, 4.69) is 25.8 Å². The van der Waals surface area contributed by atoms with Gasteiger partial charge in [0, 0.05) is 17.2 Å². The Kier molecular flexibility index (Phi) is 7.83. The number of aromatic nitrogens is 3. The molecule has 0 aliphatic heterocycles. The molecule has 9 nitrogen and oxygen atoms in total. The van der Waals surface area contributed by atoms with Crippen molar-refractivity contribution in [3.05, 3.63) is 58.9 Å². The van der Waals surface area contributed by atoms with Crippen LogP contribution in [0.15, 0.2) is 58.5 Å². The van der Waals surface area contributed by atoms with Gasteiger partial charge in [0.25, 0.3) is 5.56 Å². The molecule has 10 heteroatoms.